The minimum Gasteiger partial charge on any atom is -0.444 e. The molecule has 1 amide bonds. The van der Waals surface area contributed by atoms with E-state index in [1.54, 1.807) is 6.07 Å². The smallest absolute Gasteiger partial charge is 0.408 e. The fraction of sp³-hybridized carbons (Fsp3) is 0.471. The van der Waals surface area contributed by atoms with Gasteiger partial charge in [-0.1, -0.05) is 24.3 Å². The van der Waals surface area contributed by atoms with Gasteiger partial charge in [0.1, 0.15) is 5.60 Å². The molecule has 238 valence electrons. The number of nitrogens with zero attached hydrogens (tertiary/aromatic N) is 4. The minimum absolute atomic E-state index is 0.106. The van der Waals surface area contributed by atoms with E-state index in [4.69, 9.17) is 14.5 Å². The van der Waals surface area contributed by atoms with Crippen LogP contribution in [0.25, 0.3) is 11.3 Å². The van der Waals surface area contributed by atoms with Gasteiger partial charge in [0.05, 0.1) is 35.4 Å². The molecule has 2 N–H and O–H groups in total. The van der Waals surface area contributed by atoms with Gasteiger partial charge in [0.15, 0.2) is 0 Å². The zero-order valence-corrected chi connectivity index (χ0v) is 26.4. The maximum Gasteiger partial charge on any atom is 0.408 e. The van der Waals surface area contributed by atoms with Crippen molar-refractivity contribution in [3.8, 4) is 11.3 Å². The Labute approximate surface area is 264 Å². The number of hydrogen-bond acceptors (Lipinski definition) is 9. The number of pyridine rings is 1. The van der Waals surface area contributed by atoms with Gasteiger partial charge in [-0.2, -0.15) is 0 Å². The van der Waals surface area contributed by atoms with Gasteiger partial charge in [0.2, 0.25) is 5.82 Å². The lowest BCUT2D eigenvalue weighted by molar-refractivity contribution is -0.384. The number of nitro groups is 1. The summed E-state index contributed by atoms with van der Waals surface area (Å²) >= 11 is 0. The van der Waals surface area contributed by atoms with Crippen LogP contribution in [0.1, 0.15) is 52.5 Å². The molecular weight excluding hydrogens is 572 g/mol. The Morgan fingerprint density at radius 2 is 1.84 bits per heavy atom. The third-order valence-electron chi connectivity index (χ3n) is 8.99. The molecule has 2 aromatic carbocycles. The van der Waals surface area contributed by atoms with Gasteiger partial charge in [0.25, 0.3) is 0 Å². The van der Waals surface area contributed by atoms with Crippen molar-refractivity contribution in [2.75, 3.05) is 43.1 Å². The molecule has 45 heavy (non-hydrogen) atoms. The van der Waals surface area contributed by atoms with Crippen molar-refractivity contribution in [3.05, 3.63) is 76.3 Å². The number of piperazine rings is 1. The van der Waals surface area contributed by atoms with E-state index in [9.17, 15) is 14.9 Å². The van der Waals surface area contributed by atoms with Crippen molar-refractivity contribution in [2.24, 2.45) is 0 Å². The van der Waals surface area contributed by atoms with Crippen LogP contribution in [0.5, 0.6) is 0 Å². The molecule has 0 radical (unpaired) electrons. The van der Waals surface area contributed by atoms with Gasteiger partial charge in [-0.25, -0.2) is 9.78 Å². The highest BCUT2D eigenvalue weighted by Gasteiger charge is 2.41. The number of nitrogens with one attached hydrogen (secondary N) is 2. The SMILES string of the molecule is CC1CN(C2COC2)CCN1c1cccc(-c2ccc([N+](=O)[O-])c(Nc3ccc(C4(NC(=O)OC(C)(C)C)CCC4)cc3)n2)c1. The number of anilines is 3. The molecule has 3 aliphatic rings. The monoisotopic (exact) mass is 614 g/mol. The number of carbonyl (C=O) groups is 1. The number of benzene rings is 2. The molecule has 1 aromatic heterocycles. The highest BCUT2D eigenvalue weighted by molar-refractivity contribution is 5.73. The number of rotatable bonds is 8. The normalized spacial score (nSPS) is 20.1. The molecule has 0 bridgehead atoms. The van der Waals surface area contributed by atoms with Crippen LogP contribution in [0.15, 0.2) is 60.7 Å². The van der Waals surface area contributed by atoms with Crippen LogP contribution in [-0.4, -0.2) is 71.4 Å². The summed E-state index contributed by atoms with van der Waals surface area (Å²) < 4.78 is 10.9. The third kappa shape index (κ3) is 6.74. The first-order chi connectivity index (χ1) is 21.5. The van der Waals surface area contributed by atoms with Crippen molar-refractivity contribution >= 4 is 29.0 Å². The zero-order chi connectivity index (χ0) is 31.8. The fourth-order valence-corrected chi connectivity index (χ4v) is 6.36. The maximum atomic E-state index is 12.6. The van der Waals surface area contributed by atoms with E-state index in [0.29, 0.717) is 23.5 Å². The Hall–Kier alpha value is -4.22. The molecule has 3 fully saturated rings. The summed E-state index contributed by atoms with van der Waals surface area (Å²) in [5.41, 5.74) is 3.11. The van der Waals surface area contributed by atoms with E-state index in [1.807, 2.05) is 57.2 Å². The summed E-state index contributed by atoms with van der Waals surface area (Å²) in [5.74, 6) is 0.172. The topological polar surface area (TPSA) is 122 Å². The van der Waals surface area contributed by atoms with E-state index < -0.39 is 22.2 Å². The Bertz CT molecular complexity index is 1550. The first-order valence-electron chi connectivity index (χ1n) is 15.7. The Balaban J connectivity index is 1.19. The van der Waals surface area contributed by atoms with Crippen LogP contribution < -0.4 is 15.5 Å². The van der Waals surface area contributed by atoms with Crippen molar-refractivity contribution in [2.45, 2.75) is 70.2 Å². The lowest BCUT2D eigenvalue weighted by Gasteiger charge is -2.46. The largest absolute Gasteiger partial charge is 0.444 e. The number of ether oxygens (including phenoxy) is 2. The molecule has 11 nitrogen and oxygen atoms in total. The summed E-state index contributed by atoms with van der Waals surface area (Å²) in [6, 6.07) is 19.9. The second-order valence-corrected chi connectivity index (χ2v) is 13.4. The standard InChI is InChI=1S/C34H42N6O5/c1-23-20-38(28-21-44-22-28)17-18-39(23)27-8-5-7-24(19-27)29-13-14-30(40(42)43)31(36-29)35-26-11-9-25(10-12-26)34(15-6-16-34)37-32(41)45-33(2,3)4/h5,7-14,19,23,28H,6,15-18,20-22H2,1-4H3,(H,35,36)(H,37,41). The molecule has 3 heterocycles. The second-order valence-electron chi connectivity index (χ2n) is 13.4. The predicted octanol–water partition coefficient (Wildman–Crippen LogP) is 6.21. The molecule has 1 unspecified atom stereocenters. The van der Waals surface area contributed by atoms with Crippen molar-refractivity contribution in [1.82, 2.24) is 15.2 Å². The fourth-order valence-electron chi connectivity index (χ4n) is 6.36. The molecule has 1 aliphatic carbocycles. The van der Waals surface area contributed by atoms with Gasteiger partial charge < -0.3 is 25.0 Å². The van der Waals surface area contributed by atoms with Crippen LogP contribution in [0.4, 0.5) is 27.7 Å². The van der Waals surface area contributed by atoms with Gasteiger partial charge in [-0.3, -0.25) is 15.0 Å². The van der Waals surface area contributed by atoms with E-state index in [1.165, 1.54) is 6.07 Å². The summed E-state index contributed by atoms with van der Waals surface area (Å²) in [6.07, 6.45) is 2.20. The number of aromatic nitrogens is 1. The highest BCUT2D eigenvalue weighted by atomic mass is 16.6. The van der Waals surface area contributed by atoms with E-state index >= 15 is 0 Å². The molecule has 1 atom stereocenters. The summed E-state index contributed by atoms with van der Waals surface area (Å²) in [5, 5.41) is 18.2. The number of alkyl carbamates (subject to hydrolysis) is 1. The van der Waals surface area contributed by atoms with Crippen LogP contribution in [0, 0.1) is 10.1 Å². The number of amides is 1. The molecule has 2 aliphatic heterocycles. The molecule has 0 spiro atoms. The summed E-state index contributed by atoms with van der Waals surface area (Å²) in [7, 11) is 0. The van der Waals surface area contributed by atoms with Crippen molar-refractivity contribution in [3.63, 3.8) is 0 Å². The Morgan fingerprint density at radius 1 is 1.09 bits per heavy atom. The molecule has 2 saturated heterocycles. The Kier molecular flexibility index (Phi) is 8.41. The predicted molar refractivity (Wildman–Crippen MR) is 174 cm³/mol. The first kappa shape index (κ1) is 30.8. The first-order valence-corrected chi connectivity index (χ1v) is 15.7. The lowest BCUT2D eigenvalue weighted by Crippen LogP contribution is -2.59. The van der Waals surface area contributed by atoms with Crippen LogP contribution in [-0.2, 0) is 15.0 Å². The second kappa shape index (κ2) is 12.3. The molecule has 1 saturated carbocycles. The number of carbonyl (C=O) groups excluding carboxylic acids is 1. The molecule has 3 aromatic rings. The molecule has 11 heteroatoms. The van der Waals surface area contributed by atoms with Crippen molar-refractivity contribution < 1.29 is 19.2 Å². The van der Waals surface area contributed by atoms with Gasteiger partial charge in [-0.05, 0) is 82.9 Å². The highest BCUT2D eigenvalue weighted by Crippen LogP contribution is 2.42. The van der Waals surface area contributed by atoms with E-state index in [0.717, 1.165) is 68.9 Å². The summed E-state index contributed by atoms with van der Waals surface area (Å²) in [4.78, 5) is 33.7. The minimum atomic E-state index is -0.584. The van der Waals surface area contributed by atoms with Crippen LogP contribution >= 0.6 is 0 Å². The van der Waals surface area contributed by atoms with E-state index in [-0.39, 0.29) is 11.5 Å². The maximum absolute atomic E-state index is 12.6. The quantitative estimate of drug-likeness (QED) is 0.225. The summed E-state index contributed by atoms with van der Waals surface area (Å²) in [6.45, 7) is 12.3. The van der Waals surface area contributed by atoms with Gasteiger partial charge in [0, 0.05) is 48.7 Å². The van der Waals surface area contributed by atoms with E-state index in [2.05, 4.69) is 39.5 Å². The lowest BCUT2D eigenvalue weighted by atomic mass is 9.72. The zero-order valence-electron chi connectivity index (χ0n) is 26.4. The van der Waals surface area contributed by atoms with Gasteiger partial charge in [-0.15, -0.1) is 0 Å². The van der Waals surface area contributed by atoms with Crippen molar-refractivity contribution in [1.29, 1.82) is 0 Å². The average Bonchev–Trinajstić information content (AvgIpc) is 2.94. The number of hydrogen-bond donors (Lipinski definition) is 2. The van der Waals surface area contributed by atoms with Crippen LogP contribution in [0.3, 0.4) is 0 Å². The van der Waals surface area contributed by atoms with Gasteiger partial charge >= 0.3 is 11.8 Å². The third-order valence-corrected chi connectivity index (χ3v) is 8.99. The van der Waals surface area contributed by atoms with Crippen LogP contribution in [0.2, 0.25) is 0 Å². The average molecular weight is 615 g/mol. The molecular formula is C34H42N6O5. The molecule has 6 rings (SSSR count). The Morgan fingerprint density at radius 3 is 2.44 bits per heavy atom.